The highest BCUT2D eigenvalue weighted by Crippen LogP contribution is 2.37. The summed E-state index contributed by atoms with van der Waals surface area (Å²) in [4.78, 5) is 0. The van der Waals surface area contributed by atoms with Gasteiger partial charge < -0.3 is 0 Å². The van der Waals surface area contributed by atoms with Crippen molar-refractivity contribution in [3.8, 4) is 0 Å². The Balaban J connectivity index is 4.13. The summed E-state index contributed by atoms with van der Waals surface area (Å²) in [6, 6.07) is 0. The second-order valence-electron chi connectivity index (χ2n) is 5.83. The molecule has 0 heterocycles. The van der Waals surface area contributed by atoms with Crippen molar-refractivity contribution in [3.05, 3.63) is 0 Å². The molecule has 92 valence electrons. The summed E-state index contributed by atoms with van der Waals surface area (Å²) in [7, 11) is 0. The fourth-order valence-corrected chi connectivity index (χ4v) is 3.45. The summed E-state index contributed by atoms with van der Waals surface area (Å²) in [6.07, 6.45) is 5.43. The van der Waals surface area contributed by atoms with E-state index < -0.39 is 0 Å². The Morgan fingerprint density at radius 2 is 1.67 bits per heavy atom. The van der Waals surface area contributed by atoms with E-state index in [-0.39, 0.29) is 0 Å². The van der Waals surface area contributed by atoms with Gasteiger partial charge in [-0.05, 0) is 43.3 Å². The Hall–Kier alpha value is 0.350. The van der Waals surface area contributed by atoms with Crippen LogP contribution in [0.4, 0.5) is 0 Å². The second kappa shape index (κ2) is 7.60. The first-order valence-electron chi connectivity index (χ1n) is 6.53. The zero-order chi connectivity index (χ0) is 11.9. The van der Waals surface area contributed by atoms with E-state index in [1.165, 1.54) is 31.4 Å². The van der Waals surface area contributed by atoms with Gasteiger partial charge in [-0.3, -0.25) is 0 Å². The Labute approximate surface area is 102 Å². The van der Waals surface area contributed by atoms with Crippen LogP contribution in [0, 0.1) is 11.8 Å². The summed E-state index contributed by atoms with van der Waals surface area (Å²) in [5.41, 5.74) is 0. The van der Waals surface area contributed by atoms with E-state index in [0.29, 0.717) is 4.75 Å². The molecule has 0 aromatic carbocycles. The highest BCUT2D eigenvalue weighted by atomic mass is 32.2. The van der Waals surface area contributed by atoms with Crippen LogP contribution >= 0.6 is 11.8 Å². The van der Waals surface area contributed by atoms with E-state index in [0.717, 1.165) is 11.8 Å². The average Bonchev–Trinajstić information content (AvgIpc) is 2.11. The molecule has 0 saturated carbocycles. The third-order valence-electron chi connectivity index (χ3n) is 2.75. The van der Waals surface area contributed by atoms with Gasteiger partial charge in [-0.1, -0.05) is 41.5 Å². The van der Waals surface area contributed by atoms with Gasteiger partial charge in [-0.2, -0.15) is 11.8 Å². The lowest BCUT2D eigenvalue weighted by atomic mass is 9.91. The lowest BCUT2D eigenvalue weighted by Crippen LogP contribution is -2.24. The highest BCUT2D eigenvalue weighted by Gasteiger charge is 2.25. The summed E-state index contributed by atoms with van der Waals surface area (Å²) < 4.78 is 0.522. The van der Waals surface area contributed by atoms with Gasteiger partial charge in [0.1, 0.15) is 0 Å². The first kappa shape index (κ1) is 15.3. The van der Waals surface area contributed by atoms with E-state index >= 15 is 0 Å². The van der Waals surface area contributed by atoms with Crippen LogP contribution in [0.25, 0.3) is 0 Å². The maximum Gasteiger partial charge on any atom is 0.0134 e. The van der Waals surface area contributed by atoms with E-state index in [9.17, 15) is 0 Å². The van der Waals surface area contributed by atoms with Gasteiger partial charge >= 0.3 is 0 Å². The molecule has 0 aliphatic rings. The molecule has 0 spiro atoms. The molecular weight excluding hydrogens is 200 g/mol. The third kappa shape index (κ3) is 8.19. The Kier molecular flexibility index (Phi) is 7.77. The Morgan fingerprint density at radius 1 is 1.07 bits per heavy atom. The lowest BCUT2D eigenvalue weighted by molar-refractivity contribution is 0.414. The molecule has 0 radical (unpaired) electrons. The molecular formula is C14H30S. The molecule has 0 amide bonds. The molecule has 0 aromatic heterocycles. The van der Waals surface area contributed by atoms with Crippen molar-refractivity contribution in [3.63, 3.8) is 0 Å². The van der Waals surface area contributed by atoms with Crippen LogP contribution in [-0.2, 0) is 0 Å². The first-order valence-corrected chi connectivity index (χ1v) is 7.52. The van der Waals surface area contributed by atoms with Crippen molar-refractivity contribution >= 4 is 11.8 Å². The predicted molar refractivity (Wildman–Crippen MR) is 74.7 cm³/mol. The molecule has 0 aliphatic heterocycles. The molecule has 15 heavy (non-hydrogen) atoms. The standard InChI is InChI=1S/C14H30S/c1-7-10-15-14(6,11-13(4)5)9-8-12(2)3/h12-13H,7-11H2,1-6H3. The van der Waals surface area contributed by atoms with Gasteiger partial charge in [0.05, 0.1) is 0 Å². The third-order valence-corrected chi connectivity index (χ3v) is 4.43. The topological polar surface area (TPSA) is 0 Å². The quantitative estimate of drug-likeness (QED) is 0.540. The normalized spacial score (nSPS) is 16.0. The number of thioether (sulfide) groups is 1. The molecule has 0 bridgehead atoms. The van der Waals surface area contributed by atoms with Crippen LogP contribution < -0.4 is 0 Å². The SMILES string of the molecule is CCCSC(C)(CCC(C)C)CC(C)C. The lowest BCUT2D eigenvalue weighted by Gasteiger charge is -2.31. The van der Waals surface area contributed by atoms with Crippen molar-refractivity contribution in [1.82, 2.24) is 0 Å². The predicted octanol–water partition coefficient (Wildman–Crippen LogP) is 5.37. The van der Waals surface area contributed by atoms with Crippen molar-refractivity contribution < 1.29 is 0 Å². The Morgan fingerprint density at radius 3 is 2.07 bits per heavy atom. The highest BCUT2D eigenvalue weighted by molar-refractivity contribution is 8.00. The van der Waals surface area contributed by atoms with E-state index in [4.69, 9.17) is 0 Å². The van der Waals surface area contributed by atoms with Crippen LogP contribution in [-0.4, -0.2) is 10.5 Å². The van der Waals surface area contributed by atoms with Crippen LogP contribution in [0.5, 0.6) is 0 Å². The van der Waals surface area contributed by atoms with Crippen LogP contribution in [0.3, 0.4) is 0 Å². The van der Waals surface area contributed by atoms with E-state index in [2.05, 4.69) is 53.3 Å². The van der Waals surface area contributed by atoms with Crippen LogP contribution in [0.1, 0.15) is 67.2 Å². The molecule has 1 atom stereocenters. The second-order valence-corrected chi connectivity index (χ2v) is 7.51. The van der Waals surface area contributed by atoms with E-state index in [1.807, 2.05) is 0 Å². The molecule has 1 heteroatoms. The monoisotopic (exact) mass is 230 g/mol. The minimum absolute atomic E-state index is 0.522. The van der Waals surface area contributed by atoms with Gasteiger partial charge in [-0.25, -0.2) is 0 Å². The van der Waals surface area contributed by atoms with Gasteiger partial charge in [0.25, 0.3) is 0 Å². The number of hydrogen-bond donors (Lipinski definition) is 0. The molecule has 0 N–H and O–H groups in total. The maximum absolute atomic E-state index is 2.47. The van der Waals surface area contributed by atoms with Crippen molar-refractivity contribution in [1.29, 1.82) is 0 Å². The number of rotatable bonds is 8. The summed E-state index contributed by atoms with van der Waals surface area (Å²) in [5, 5.41) is 0. The molecule has 0 aromatic rings. The van der Waals surface area contributed by atoms with Gasteiger partial charge in [0.2, 0.25) is 0 Å². The molecule has 0 fully saturated rings. The molecule has 0 nitrogen and oxygen atoms in total. The minimum Gasteiger partial charge on any atom is -0.155 e. The van der Waals surface area contributed by atoms with Crippen molar-refractivity contribution in [2.75, 3.05) is 5.75 Å². The fraction of sp³-hybridized carbons (Fsp3) is 1.00. The maximum atomic E-state index is 2.47. The van der Waals surface area contributed by atoms with Gasteiger partial charge in [0, 0.05) is 4.75 Å². The largest absolute Gasteiger partial charge is 0.155 e. The van der Waals surface area contributed by atoms with Crippen LogP contribution in [0.15, 0.2) is 0 Å². The minimum atomic E-state index is 0.522. The molecule has 1 unspecified atom stereocenters. The van der Waals surface area contributed by atoms with Gasteiger partial charge in [0.15, 0.2) is 0 Å². The summed E-state index contributed by atoms with van der Waals surface area (Å²) >= 11 is 2.19. The smallest absolute Gasteiger partial charge is 0.0134 e. The Bertz CT molecular complexity index is 151. The summed E-state index contributed by atoms with van der Waals surface area (Å²) in [6.45, 7) is 14.1. The zero-order valence-corrected chi connectivity index (χ0v) is 12.4. The zero-order valence-electron chi connectivity index (χ0n) is 11.6. The number of hydrogen-bond acceptors (Lipinski definition) is 1. The van der Waals surface area contributed by atoms with Crippen LogP contribution in [0.2, 0.25) is 0 Å². The van der Waals surface area contributed by atoms with Gasteiger partial charge in [-0.15, -0.1) is 0 Å². The van der Waals surface area contributed by atoms with E-state index in [1.54, 1.807) is 0 Å². The van der Waals surface area contributed by atoms with Crippen molar-refractivity contribution in [2.24, 2.45) is 11.8 Å². The summed E-state index contributed by atoms with van der Waals surface area (Å²) in [5.74, 6) is 2.99. The molecule has 0 aliphatic carbocycles. The van der Waals surface area contributed by atoms with Crippen molar-refractivity contribution in [2.45, 2.75) is 72.0 Å². The first-order chi connectivity index (χ1) is 6.89. The molecule has 0 rings (SSSR count). The fourth-order valence-electron chi connectivity index (χ4n) is 2.04. The average molecular weight is 230 g/mol. The molecule has 0 saturated heterocycles.